The molecule has 2 rings (SSSR count). The lowest BCUT2D eigenvalue weighted by molar-refractivity contribution is -0.154. The molecule has 0 aliphatic rings. The van der Waals surface area contributed by atoms with Gasteiger partial charge in [0.1, 0.15) is 17.6 Å². The van der Waals surface area contributed by atoms with Gasteiger partial charge in [-0.2, -0.15) is 0 Å². The van der Waals surface area contributed by atoms with Crippen molar-refractivity contribution >= 4 is 35.7 Å². The number of esters is 3. The van der Waals surface area contributed by atoms with Gasteiger partial charge in [0, 0.05) is 24.1 Å². The molecule has 0 unspecified atom stereocenters. The van der Waals surface area contributed by atoms with Crippen molar-refractivity contribution < 1.29 is 33.4 Å². The van der Waals surface area contributed by atoms with Crippen molar-refractivity contribution in [2.75, 3.05) is 19.8 Å². The molecule has 3 N–H and O–H groups in total. The van der Waals surface area contributed by atoms with Crippen molar-refractivity contribution in [2.24, 2.45) is 11.7 Å². The Morgan fingerprint density at radius 3 is 2.07 bits per heavy atom. The summed E-state index contributed by atoms with van der Waals surface area (Å²) in [5, 5.41) is 7.45. The molecule has 0 spiro atoms. The van der Waals surface area contributed by atoms with E-state index in [4.69, 9.17) is 25.4 Å². The van der Waals surface area contributed by atoms with Gasteiger partial charge in [-0.25, -0.2) is 9.59 Å². The predicted octanol–water partition coefficient (Wildman–Crippen LogP) is 4.74. The average Bonchev–Trinajstić information content (AvgIpc) is 2.94. The molecule has 0 aliphatic carbocycles. The molecule has 0 aromatic heterocycles. The van der Waals surface area contributed by atoms with Crippen LogP contribution in [0.3, 0.4) is 0 Å². The minimum atomic E-state index is -0.801. The van der Waals surface area contributed by atoms with Crippen molar-refractivity contribution in [1.82, 2.24) is 4.90 Å². The van der Waals surface area contributed by atoms with E-state index in [1.54, 1.807) is 75.4 Å². The number of nitrogens with zero attached hydrogens (tertiary/aromatic N) is 1. The number of nitrogens with two attached hydrogens (primary N) is 1. The van der Waals surface area contributed by atoms with Crippen LogP contribution in [0.5, 0.6) is 5.75 Å². The summed E-state index contributed by atoms with van der Waals surface area (Å²) in [6.07, 6.45) is 2.54. The van der Waals surface area contributed by atoms with E-state index in [0.29, 0.717) is 40.9 Å². The third-order valence-corrected chi connectivity index (χ3v) is 6.22. The minimum Gasteiger partial charge on any atom is -0.466 e. The summed E-state index contributed by atoms with van der Waals surface area (Å²) in [6.45, 7) is 9.66. The van der Waals surface area contributed by atoms with Gasteiger partial charge in [-0.1, -0.05) is 26.0 Å². The zero-order chi connectivity index (χ0) is 31.2. The lowest BCUT2D eigenvalue weighted by Crippen LogP contribution is -2.47. The van der Waals surface area contributed by atoms with Crippen molar-refractivity contribution in [2.45, 2.75) is 59.9 Å². The second-order valence-electron chi connectivity index (χ2n) is 10.1. The smallest absolute Gasteiger partial charge is 0.343 e. The second-order valence-corrected chi connectivity index (χ2v) is 10.1. The normalized spacial score (nSPS) is 11.9. The molecule has 0 aliphatic heterocycles. The molecule has 0 bridgehead atoms. The maximum atomic E-state index is 13.7. The quantitative estimate of drug-likeness (QED) is 0.101. The van der Waals surface area contributed by atoms with Gasteiger partial charge in [0.05, 0.1) is 18.8 Å². The Balaban J connectivity index is 2.22. The molecule has 0 heterocycles. The van der Waals surface area contributed by atoms with Crippen LogP contribution in [-0.2, 0) is 23.9 Å². The number of hydrogen-bond acceptors (Lipinski definition) is 8. The van der Waals surface area contributed by atoms with Gasteiger partial charge < -0.3 is 24.8 Å². The maximum Gasteiger partial charge on any atom is 0.343 e. The first kappa shape index (κ1) is 33.7. The van der Waals surface area contributed by atoms with Crippen molar-refractivity contribution in [3.63, 3.8) is 0 Å². The van der Waals surface area contributed by atoms with Crippen LogP contribution >= 0.6 is 0 Å². The van der Waals surface area contributed by atoms with Crippen LogP contribution < -0.4 is 10.5 Å². The summed E-state index contributed by atoms with van der Waals surface area (Å²) in [6, 6.07) is 12.1. The molecule has 42 heavy (non-hydrogen) atoms. The minimum absolute atomic E-state index is 0.0820. The first-order chi connectivity index (χ1) is 20.0. The fourth-order valence-electron chi connectivity index (χ4n) is 4.18. The SMILES string of the molecule is CCOC(=O)CCCN(C(=O)/C(C)=C/c1ccc(C(=O)Oc2ccc(C(=N)N)cc2)cc1)[C@@H](CC(C)C)C(=O)OCC. The average molecular weight is 580 g/mol. The Morgan fingerprint density at radius 1 is 0.929 bits per heavy atom. The molecule has 1 amide bonds. The molecule has 226 valence electrons. The lowest BCUT2D eigenvalue weighted by Gasteiger charge is -2.31. The van der Waals surface area contributed by atoms with E-state index in [1.165, 1.54) is 4.90 Å². The van der Waals surface area contributed by atoms with Crippen molar-refractivity contribution in [1.29, 1.82) is 5.41 Å². The van der Waals surface area contributed by atoms with Gasteiger partial charge in [-0.05, 0) is 87.6 Å². The van der Waals surface area contributed by atoms with Crippen molar-refractivity contribution in [3.8, 4) is 5.75 Å². The molecule has 0 radical (unpaired) electrons. The number of carbonyl (C=O) groups excluding carboxylic acids is 4. The summed E-state index contributed by atoms with van der Waals surface area (Å²) in [5.41, 5.74) is 7.33. The van der Waals surface area contributed by atoms with Gasteiger partial charge in [0.25, 0.3) is 0 Å². The highest BCUT2D eigenvalue weighted by atomic mass is 16.5. The van der Waals surface area contributed by atoms with Gasteiger partial charge in [-0.3, -0.25) is 15.0 Å². The molecule has 0 saturated heterocycles. The van der Waals surface area contributed by atoms with Gasteiger partial charge in [0.2, 0.25) is 5.91 Å². The van der Waals surface area contributed by atoms with Crippen LogP contribution in [0.4, 0.5) is 0 Å². The number of hydrogen-bond donors (Lipinski definition) is 2. The van der Waals surface area contributed by atoms with Crippen LogP contribution in [0.2, 0.25) is 0 Å². The second kappa shape index (κ2) is 16.7. The summed E-state index contributed by atoms with van der Waals surface area (Å²) < 4.78 is 15.7. The van der Waals surface area contributed by atoms with Gasteiger partial charge in [-0.15, -0.1) is 0 Å². The van der Waals surface area contributed by atoms with E-state index >= 15 is 0 Å². The summed E-state index contributed by atoms with van der Waals surface area (Å²) in [5.74, 6) is -1.41. The monoisotopic (exact) mass is 579 g/mol. The number of nitrogen functional groups attached to an aromatic ring is 1. The van der Waals surface area contributed by atoms with E-state index in [9.17, 15) is 19.2 Å². The van der Waals surface area contributed by atoms with Crippen LogP contribution in [0, 0.1) is 11.3 Å². The molecule has 10 heteroatoms. The molecule has 10 nitrogen and oxygen atoms in total. The summed E-state index contributed by atoms with van der Waals surface area (Å²) in [7, 11) is 0. The first-order valence-electron chi connectivity index (χ1n) is 14.0. The molecule has 1 atom stereocenters. The molecule has 0 saturated carbocycles. The maximum absolute atomic E-state index is 13.7. The Hall–Kier alpha value is -4.47. The van der Waals surface area contributed by atoms with E-state index in [1.807, 2.05) is 13.8 Å². The number of nitrogens with one attached hydrogen (secondary N) is 1. The fraction of sp³-hybridized carbons (Fsp3) is 0.406. The van der Waals surface area contributed by atoms with Crippen LogP contribution in [0.1, 0.15) is 75.4 Å². The molecular formula is C32H41N3O7. The zero-order valence-electron chi connectivity index (χ0n) is 25.0. The topological polar surface area (TPSA) is 149 Å². The number of amidine groups is 1. The molecular weight excluding hydrogens is 538 g/mol. The Kier molecular flexibility index (Phi) is 13.4. The Bertz CT molecular complexity index is 1270. The zero-order valence-corrected chi connectivity index (χ0v) is 25.0. The Morgan fingerprint density at radius 2 is 1.52 bits per heavy atom. The largest absolute Gasteiger partial charge is 0.466 e. The highest BCUT2D eigenvalue weighted by Gasteiger charge is 2.32. The number of benzene rings is 2. The fourth-order valence-corrected chi connectivity index (χ4v) is 4.18. The standard InChI is InChI=1S/C32H41N3O7/c1-6-40-28(36)9-8-18-35(27(19-21(3)4)32(39)41-7-2)30(37)22(5)20-23-10-12-25(13-11-23)31(38)42-26-16-14-24(15-17-26)29(33)34/h10-17,20-21,27H,6-9,18-19H2,1-5H3,(H3,33,34)/b22-20+/t27-/m0/s1. The predicted molar refractivity (Wildman–Crippen MR) is 160 cm³/mol. The highest BCUT2D eigenvalue weighted by molar-refractivity contribution is 5.99. The van der Waals surface area contributed by atoms with E-state index in [2.05, 4.69) is 0 Å². The number of ether oxygens (including phenoxy) is 3. The number of rotatable bonds is 15. The third-order valence-electron chi connectivity index (χ3n) is 6.22. The van der Waals surface area contributed by atoms with Crippen LogP contribution in [0.25, 0.3) is 6.08 Å². The molecule has 2 aromatic rings. The lowest BCUT2D eigenvalue weighted by atomic mass is 10.0. The van der Waals surface area contributed by atoms with Crippen LogP contribution in [0.15, 0.2) is 54.1 Å². The summed E-state index contributed by atoms with van der Waals surface area (Å²) >= 11 is 0. The van der Waals surface area contributed by atoms with Crippen molar-refractivity contribution in [3.05, 3.63) is 70.8 Å². The Labute approximate surface area is 247 Å². The van der Waals surface area contributed by atoms with Gasteiger partial charge in [0.15, 0.2) is 0 Å². The number of carbonyl (C=O) groups is 4. The highest BCUT2D eigenvalue weighted by Crippen LogP contribution is 2.20. The van der Waals surface area contributed by atoms with Gasteiger partial charge >= 0.3 is 17.9 Å². The van der Waals surface area contributed by atoms with Crippen LogP contribution in [-0.4, -0.2) is 60.4 Å². The third kappa shape index (κ3) is 10.5. The number of amides is 1. The molecule has 0 fully saturated rings. The van der Waals surface area contributed by atoms with E-state index in [0.717, 1.165) is 0 Å². The summed E-state index contributed by atoms with van der Waals surface area (Å²) in [4.78, 5) is 52.5. The first-order valence-corrected chi connectivity index (χ1v) is 14.0. The van der Waals surface area contributed by atoms with E-state index in [-0.39, 0.29) is 49.8 Å². The van der Waals surface area contributed by atoms with E-state index < -0.39 is 18.0 Å². The molecule has 2 aromatic carbocycles.